The lowest BCUT2D eigenvalue weighted by Gasteiger charge is -2.07. The molecule has 1 aromatic carbocycles. The molecule has 1 aromatic heterocycles. The fourth-order valence-electron chi connectivity index (χ4n) is 1.56. The highest BCUT2D eigenvalue weighted by atomic mass is 16.5. The molecule has 0 bridgehead atoms. The van der Waals surface area contributed by atoms with Gasteiger partial charge in [0.25, 0.3) is 0 Å². The number of rotatable bonds is 4. The number of nitrogen functional groups attached to an aromatic ring is 1. The molecule has 2 N–H and O–H groups in total. The molecule has 0 saturated heterocycles. The number of methoxy groups -OCH3 is 1. The zero-order valence-corrected chi connectivity index (χ0v) is 10.8. The van der Waals surface area contributed by atoms with Crippen LogP contribution < -0.4 is 15.2 Å². The molecule has 0 amide bonds. The van der Waals surface area contributed by atoms with Crippen molar-refractivity contribution in [2.75, 3.05) is 12.8 Å². The number of benzene rings is 1. The topological polar surface area (TPSA) is 62.3 Å². The lowest BCUT2D eigenvalue weighted by molar-refractivity contribution is 0.409. The van der Waals surface area contributed by atoms with Crippen molar-refractivity contribution in [3.63, 3.8) is 0 Å². The Bertz CT molecular complexity index is 535. The van der Waals surface area contributed by atoms with E-state index in [1.165, 1.54) is 0 Å². The summed E-state index contributed by atoms with van der Waals surface area (Å²) in [6.45, 7) is 4.11. The van der Waals surface area contributed by atoms with Crippen LogP contribution in [-0.4, -0.2) is 16.9 Å². The van der Waals surface area contributed by atoms with Gasteiger partial charge >= 0.3 is 0 Å². The Morgan fingerprint density at radius 2 is 1.89 bits per heavy atom. The number of anilines is 1. The van der Waals surface area contributed by atoms with Crippen molar-refractivity contribution in [3.05, 3.63) is 30.6 Å². The summed E-state index contributed by atoms with van der Waals surface area (Å²) in [5, 5.41) is 4.21. The fourth-order valence-corrected chi connectivity index (χ4v) is 1.56. The quantitative estimate of drug-likeness (QED) is 0.844. The third-order valence-electron chi connectivity index (χ3n) is 2.48. The first-order chi connectivity index (χ1) is 8.58. The van der Waals surface area contributed by atoms with Crippen molar-refractivity contribution in [1.29, 1.82) is 0 Å². The molecule has 18 heavy (non-hydrogen) atoms. The third kappa shape index (κ3) is 2.74. The molecule has 5 nitrogen and oxygen atoms in total. The molecule has 0 unspecified atom stereocenters. The molecule has 2 rings (SSSR count). The van der Waals surface area contributed by atoms with Crippen molar-refractivity contribution in [2.45, 2.75) is 19.9 Å². The van der Waals surface area contributed by atoms with Crippen molar-refractivity contribution in [3.8, 4) is 17.2 Å². The monoisotopic (exact) mass is 247 g/mol. The Hall–Kier alpha value is -2.17. The Morgan fingerprint density at radius 3 is 2.50 bits per heavy atom. The fraction of sp³-hybridized carbons (Fsp3) is 0.308. The van der Waals surface area contributed by atoms with E-state index in [9.17, 15) is 0 Å². The minimum atomic E-state index is 0.303. The van der Waals surface area contributed by atoms with E-state index < -0.39 is 0 Å². The molecule has 0 atom stereocenters. The average Bonchev–Trinajstić information content (AvgIpc) is 2.76. The van der Waals surface area contributed by atoms with Crippen LogP contribution in [0.2, 0.25) is 0 Å². The van der Waals surface area contributed by atoms with E-state index in [-0.39, 0.29) is 0 Å². The summed E-state index contributed by atoms with van der Waals surface area (Å²) >= 11 is 0. The van der Waals surface area contributed by atoms with E-state index in [1.807, 2.05) is 10.9 Å². The van der Waals surface area contributed by atoms with Crippen LogP contribution in [0.3, 0.4) is 0 Å². The Labute approximate surface area is 106 Å². The van der Waals surface area contributed by atoms with Gasteiger partial charge in [0.15, 0.2) is 5.75 Å². The molecule has 0 radical (unpaired) electrons. The zero-order chi connectivity index (χ0) is 13.1. The summed E-state index contributed by atoms with van der Waals surface area (Å²) < 4.78 is 12.7. The maximum atomic E-state index is 5.76. The van der Waals surface area contributed by atoms with Gasteiger partial charge in [0.05, 0.1) is 19.5 Å². The highest BCUT2D eigenvalue weighted by Crippen LogP contribution is 2.28. The molecule has 1 heterocycles. The first kappa shape index (κ1) is 12.3. The second kappa shape index (κ2) is 5.00. The standard InChI is InChI=1S/C13H17N3O2/c1-9(2)16-8-13(7-15-16)18-12-5-10(14)4-11(6-12)17-3/h4-9H,14H2,1-3H3. The second-order valence-electron chi connectivity index (χ2n) is 4.29. The molecule has 0 aliphatic rings. The van der Waals surface area contributed by atoms with Gasteiger partial charge in [-0.25, -0.2) is 0 Å². The molecule has 0 spiro atoms. The van der Waals surface area contributed by atoms with Gasteiger partial charge in [-0.15, -0.1) is 0 Å². The number of hydrogen-bond donors (Lipinski definition) is 1. The summed E-state index contributed by atoms with van der Waals surface area (Å²) in [6.07, 6.45) is 3.52. The van der Waals surface area contributed by atoms with E-state index in [2.05, 4.69) is 18.9 Å². The number of ether oxygens (including phenoxy) is 2. The third-order valence-corrected chi connectivity index (χ3v) is 2.48. The smallest absolute Gasteiger partial charge is 0.165 e. The van der Waals surface area contributed by atoms with Crippen molar-refractivity contribution >= 4 is 5.69 Å². The van der Waals surface area contributed by atoms with E-state index >= 15 is 0 Å². The molecule has 0 fully saturated rings. The van der Waals surface area contributed by atoms with Crippen LogP contribution in [0.1, 0.15) is 19.9 Å². The summed E-state index contributed by atoms with van der Waals surface area (Å²) in [6, 6.07) is 5.57. The molecule has 2 aromatic rings. The van der Waals surface area contributed by atoms with Gasteiger partial charge in [-0.05, 0) is 13.8 Å². The van der Waals surface area contributed by atoms with Gasteiger partial charge in [-0.1, -0.05) is 0 Å². The van der Waals surface area contributed by atoms with Gasteiger partial charge in [-0.2, -0.15) is 5.10 Å². The maximum Gasteiger partial charge on any atom is 0.165 e. The van der Waals surface area contributed by atoms with Crippen molar-refractivity contribution in [1.82, 2.24) is 9.78 Å². The van der Waals surface area contributed by atoms with Crippen LogP contribution in [0, 0.1) is 0 Å². The van der Waals surface area contributed by atoms with E-state index in [0.717, 1.165) is 0 Å². The molecule has 0 saturated carbocycles. The Morgan fingerprint density at radius 1 is 1.17 bits per heavy atom. The van der Waals surface area contributed by atoms with Crippen LogP contribution in [0.15, 0.2) is 30.6 Å². The summed E-state index contributed by atoms with van der Waals surface area (Å²) in [7, 11) is 1.59. The minimum Gasteiger partial charge on any atom is -0.497 e. The van der Waals surface area contributed by atoms with Crippen molar-refractivity contribution < 1.29 is 9.47 Å². The van der Waals surface area contributed by atoms with E-state index in [1.54, 1.807) is 31.5 Å². The van der Waals surface area contributed by atoms with Gasteiger partial charge in [-0.3, -0.25) is 4.68 Å². The molecular weight excluding hydrogens is 230 g/mol. The van der Waals surface area contributed by atoms with E-state index in [4.69, 9.17) is 15.2 Å². The van der Waals surface area contributed by atoms with Gasteiger partial charge in [0.1, 0.15) is 11.5 Å². The SMILES string of the molecule is COc1cc(N)cc(Oc2cnn(C(C)C)c2)c1. The van der Waals surface area contributed by atoms with Gasteiger partial charge in [0, 0.05) is 29.9 Å². The first-order valence-electron chi connectivity index (χ1n) is 5.75. The second-order valence-corrected chi connectivity index (χ2v) is 4.29. The lowest BCUT2D eigenvalue weighted by atomic mass is 10.3. The van der Waals surface area contributed by atoms with Crippen LogP contribution >= 0.6 is 0 Å². The molecule has 5 heteroatoms. The minimum absolute atomic E-state index is 0.303. The predicted octanol–water partition coefficient (Wildman–Crippen LogP) is 2.85. The van der Waals surface area contributed by atoms with Gasteiger partial charge in [0.2, 0.25) is 0 Å². The Kier molecular flexibility index (Phi) is 3.41. The number of aromatic nitrogens is 2. The molecule has 96 valence electrons. The first-order valence-corrected chi connectivity index (χ1v) is 5.75. The number of hydrogen-bond acceptors (Lipinski definition) is 4. The van der Waals surface area contributed by atoms with Crippen LogP contribution in [0.25, 0.3) is 0 Å². The summed E-state index contributed by atoms with van der Waals surface area (Å²) in [5.74, 6) is 1.98. The number of nitrogens with two attached hydrogens (primary N) is 1. The predicted molar refractivity (Wildman–Crippen MR) is 70.1 cm³/mol. The van der Waals surface area contributed by atoms with Gasteiger partial charge < -0.3 is 15.2 Å². The molecule has 0 aliphatic carbocycles. The molecule has 0 aliphatic heterocycles. The normalized spacial score (nSPS) is 10.7. The summed E-state index contributed by atoms with van der Waals surface area (Å²) in [4.78, 5) is 0. The Balaban J connectivity index is 2.19. The maximum absolute atomic E-state index is 5.76. The zero-order valence-electron chi connectivity index (χ0n) is 10.8. The van der Waals surface area contributed by atoms with Crippen LogP contribution in [0.5, 0.6) is 17.2 Å². The highest BCUT2D eigenvalue weighted by Gasteiger charge is 2.05. The lowest BCUT2D eigenvalue weighted by Crippen LogP contribution is -1.99. The highest BCUT2D eigenvalue weighted by molar-refractivity contribution is 5.51. The van der Waals surface area contributed by atoms with Crippen LogP contribution in [-0.2, 0) is 0 Å². The number of nitrogens with zero attached hydrogens (tertiary/aromatic N) is 2. The average molecular weight is 247 g/mol. The molecular formula is C13H17N3O2. The summed E-state index contributed by atoms with van der Waals surface area (Å²) in [5.41, 5.74) is 6.36. The van der Waals surface area contributed by atoms with E-state index in [0.29, 0.717) is 29.0 Å². The van der Waals surface area contributed by atoms with Crippen molar-refractivity contribution in [2.24, 2.45) is 0 Å². The van der Waals surface area contributed by atoms with Crippen LogP contribution in [0.4, 0.5) is 5.69 Å². The largest absolute Gasteiger partial charge is 0.497 e.